The first kappa shape index (κ1) is 20.1. The summed E-state index contributed by atoms with van der Waals surface area (Å²) < 4.78 is 21.1. The Labute approximate surface area is 179 Å². The van der Waals surface area contributed by atoms with E-state index in [0.717, 1.165) is 27.7 Å². The second kappa shape index (κ2) is 8.67. The van der Waals surface area contributed by atoms with Gasteiger partial charge in [0.1, 0.15) is 11.6 Å². The SMILES string of the molecule is CCOc1ccc2nc(NC(=O)CSc3nnc(-c4cccc(F)c4)n3N)sc2c1. The van der Waals surface area contributed by atoms with Crippen LogP contribution < -0.4 is 15.9 Å². The number of halogens is 1. The summed E-state index contributed by atoms with van der Waals surface area (Å²) in [4.78, 5) is 16.7. The number of carbonyl (C=O) groups excluding carboxylic acids is 1. The van der Waals surface area contributed by atoms with E-state index >= 15 is 0 Å². The highest BCUT2D eigenvalue weighted by Gasteiger charge is 2.15. The van der Waals surface area contributed by atoms with Crippen molar-refractivity contribution in [2.45, 2.75) is 12.1 Å². The predicted molar refractivity (Wildman–Crippen MR) is 116 cm³/mol. The zero-order valence-electron chi connectivity index (χ0n) is 15.8. The summed E-state index contributed by atoms with van der Waals surface area (Å²) in [6.45, 7) is 2.50. The second-order valence-corrected chi connectivity index (χ2v) is 8.08. The maximum absolute atomic E-state index is 13.4. The van der Waals surface area contributed by atoms with Crippen LogP contribution in [0.3, 0.4) is 0 Å². The number of thiazole rings is 1. The van der Waals surface area contributed by atoms with Gasteiger partial charge < -0.3 is 15.9 Å². The van der Waals surface area contributed by atoms with Gasteiger partial charge in [0, 0.05) is 5.56 Å². The number of rotatable bonds is 7. The monoisotopic (exact) mass is 444 g/mol. The third kappa shape index (κ3) is 4.36. The van der Waals surface area contributed by atoms with Gasteiger partial charge in [-0.2, -0.15) is 0 Å². The molecule has 0 fully saturated rings. The van der Waals surface area contributed by atoms with Crippen molar-refractivity contribution in [2.75, 3.05) is 23.5 Å². The summed E-state index contributed by atoms with van der Waals surface area (Å²) in [5.41, 5.74) is 1.29. The number of nitrogens with one attached hydrogen (secondary N) is 1. The quantitative estimate of drug-likeness (QED) is 0.332. The van der Waals surface area contributed by atoms with E-state index in [0.29, 0.717) is 28.3 Å². The number of hydrogen-bond donors (Lipinski definition) is 2. The lowest BCUT2D eigenvalue weighted by molar-refractivity contribution is -0.113. The van der Waals surface area contributed by atoms with Gasteiger partial charge in [-0.1, -0.05) is 35.2 Å². The number of nitrogens with zero attached hydrogens (tertiary/aromatic N) is 4. The summed E-state index contributed by atoms with van der Waals surface area (Å²) >= 11 is 2.49. The highest BCUT2D eigenvalue weighted by atomic mass is 32.2. The number of nitrogen functional groups attached to an aromatic ring is 1. The molecule has 0 saturated carbocycles. The Morgan fingerprint density at radius 3 is 2.97 bits per heavy atom. The van der Waals surface area contributed by atoms with Crippen LogP contribution in [0.4, 0.5) is 9.52 Å². The number of amides is 1. The molecular weight excluding hydrogens is 427 g/mol. The van der Waals surface area contributed by atoms with Crippen LogP contribution in [0.2, 0.25) is 0 Å². The Kier molecular flexibility index (Phi) is 5.81. The molecule has 2 aromatic carbocycles. The third-order valence-electron chi connectivity index (χ3n) is 4.00. The topological polar surface area (TPSA) is 108 Å². The van der Waals surface area contributed by atoms with E-state index in [1.807, 2.05) is 25.1 Å². The van der Waals surface area contributed by atoms with Crippen LogP contribution >= 0.6 is 23.1 Å². The fourth-order valence-corrected chi connectivity index (χ4v) is 4.27. The molecule has 0 aliphatic heterocycles. The van der Waals surface area contributed by atoms with Crippen LogP contribution in [-0.2, 0) is 4.79 Å². The van der Waals surface area contributed by atoms with Crippen molar-refractivity contribution in [3.05, 3.63) is 48.3 Å². The highest BCUT2D eigenvalue weighted by molar-refractivity contribution is 7.99. The molecule has 11 heteroatoms. The highest BCUT2D eigenvalue weighted by Crippen LogP contribution is 2.29. The van der Waals surface area contributed by atoms with Crippen molar-refractivity contribution < 1.29 is 13.9 Å². The number of thioether (sulfide) groups is 1. The predicted octanol–water partition coefficient (Wildman–Crippen LogP) is 3.54. The molecule has 2 heterocycles. The normalized spacial score (nSPS) is 11.0. The Bertz CT molecular complexity index is 1210. The van der Waals surface area contributed by atoms with Crippen LogP contribution in [0.1, 0.15) is 6.92 Å². The zero-order chi connectivity index (χ0) is 21.1. The van der Waals surface area contributed by atoms with Crippen molar-refractivity contribution in [3.8, 4) is 17.1 Å². The van der Waals surface area contributed by atoms with E-state index in [-0.39, 0.29) is 11.7 Å². The van der Waals surface area contributed by atoms with Crippen LogP contribution in [0.25, 0.3) is 21.6 Å². The minimum absolute atomic E-state index is 0.0681. The standard InChI is InChI=1S/C19H17FN6O2S2/c1-2-28-13-6-7-14-15(9-13)30-18(22-14)23-16(27)10-29-19-25-24-17(26(19)21)11-4-3-5-12(20)8-11/h3-9H,2,10,21H2,1H3,(H,22,23,27). The number of carbonyl (C=O) groups is 1. The molecule has 8 nitrogen and oxygen atoms in total. The molecule has 4 rings (SSSR count). The van der Waals surface area contributed by atoms with E-state index in [1.54, 1.807) is 12.1 Å². The lowest BCUT2D eigenvalue weighted by atomic mass is 10.2. The molecular formula is C19H17FN6O2S2. The molecule has 0 aliphatic carbocycles. The molecule has 0 unspecified atom stereocenters. The summed E-state index contributed by atoms with van der Waals surface area (Å²) in [5.74, 6) is 6.51. The van der Waals surface area contributed by atoms with Crippen molar-refractivity contribution in [1.29, 1.82) is 0 Å². The van der Waals surface area contributed by atoms with Gasteiger partial charge in [0.15, 0.2) is 11.0 Å². The Balaban J connectivity index is 1.40. The Hall–Kier alpha value is -3.18. The zero-order valence-corrected chi connectivity index (χ0v) is 17.5. The molecule has 3 N–H and O–H groups in total. The molecule has 0 spiro atoms. The van der Waals surface area contributed by atoms with Crippen LogP contribution in [-0.4, -0.2) is 38.1 Å². The van der Waals surface area contributed by atoms with E-state index in [2.05, 4.69) is 20.5 Å². The molecule has 0 radical (unpaired) electrons. The summed E-state index contributed by atoms with van der Waals surface area (Å²) in [6.07, 6.45) is 0. The van der Waals surface area contributed by atoms with Gasteiger partial charge in [0.25, 0.3) is 0 Å². The van der Waals surface area contributed by atoms with E-state index in [9.17, 15) is 9.18 Å². The fraction of sp³-hybridized carbons (Fsp3) is 0.158. The number of benzene rings is 2. The Morgan fingerprint density at radius 1 is 1.30 bits per heavy atom. The van der Waals surface area contributed by atoms with Gasteiger partial charge in [-0.15, -0.1) is 10.2 Å². The molecule has 1 amide bonds. The van der Waals surface area contributed by atoms with Crippen molar-refractivity contribution in [1.82, 2.24) is 19.9 Å². The maximum atomic E-state index is 13.4. The first-order valence-electron chi connectivity index (χ1n) is 8.96. The molecule has 0 bridgehead atoms. The average molecular weight is 445 g/mol. The summed E-state index contributed by atoms with van der Waals surface area (Å²) in [5, 5.41) is 11.6. The minimum atomic E-state index is -0.395. The molecule has 0 atom stereocenters. The van der Waals surface area contributed by atoms with E-state index in [4.69, 9.17) is 10.6 Å². The molecule has 0 aliphatic rings. The number of aromatic nitrogens is 4. The van der Waals surface area contributed by atoms with Gasteiger partial charge in [0.05, 0.1) is 22.6 Å². The first-order chi connectivity index (χ1) is 14.5. The van der Waals surface area contributed by atoms with Crippen molar-refractivity contribution in [2.24, 2.45) is 0 Å². The number of ether oxygens (including phenoxy) is 1. The van der Waals surface area contributed by atoms with Gasteiger partial charge in [-0.25, -0.2) is 14.1 Å². The van der Waals surface area contributed by atoms with Crippen LogP contribution in [0.15, 0.2) is 47.6 Å². The largest absolute Gasteiger partial charge is 0.494 e. The summed E-state index contributed by atoms with van der Waals surface area (Å²) in [6, 6.07) is 11.5. The lowest BCUT2D eigenvalue weighted by Crippen LogP contribution is -2.16. The lowest BCUT2D eigenvalue weighted by Gasteiger charge is -2.04. The van der Waals surface area contributed by atoms with Gasteiger partial charge >= 0.3 is 0 Å². The van der Waals surface area contributed by atoms with E-state index in [1.165, 1.54) is 28.1 Å². The van der Waals surface area contributed by atoms with Crippen molar-refractivity contribution in [3.63, 3.8) is 0 Å². The second-order valence-electron chi connectivity index (χ2n) is 6.10. The number of anilines is 1. The van der Waals surface area contributed by atoms with Gasteiger partial charge in [-0.05, 0) is 37.3 Å². The first-order valence-corrected chi connectivity index (χ1v) is 10.8. The van der Waals surface area contributed by atoms with Crippen LogP contribution in [0.5, 0.6) is 5.75 Å². The Morgan fingerprint density at radius 2 is 2.17 bits per heavy atom. The maximum Gasteiger partial charge on any atom is 0.236 e. The molecule has 154 valence electrons. The molecule has 30 heavy (non-hydrogen) atoms. The average Bonchev–Trinajstić information content (AvgIpc) is 3.29. The van der Waals surface area contributed by atoms with Crippen LogP contribution in [0, 0.1) is 5.82 Å². The third-order valence-corrected chi connectivity index (χ3v) is 5.87. The van der Waals surface area contributed by atoms with Gasteiger partial charge in [0.2, 0.25) is 11.1 Å². The van der Waals surface area contributed by atoms with Gasteiger partial charge in [-0.3, -0.25) is 4.79 Å². The minimum Gasteiger partial charge on any atom is -0.494 e. The summed E-state index contributed by atoms with van der Waals surface area (Å²) in [7, 11) is 0. The van der Waals surface area contributed by atoms with Crippen molar-refractivity contribution >= 4 is 44.4 Å². The number of hydrogen-bond acceptors (Lipinski definition) is 8. The number of fused-ring (bicyclic) bond motifs is 1. The van der Waals surface area contributed by atoms with E-state index < -0.39 is 5.82 Å². The smallest absolute Gasteiger partial charge is 0.236 e. The molecule has 0 saturated heterocycles. The molecule has 2 aromatic heterocycles. The number of nitrogens with two attached hydrogens (primary N) is 1. The molecule has 4 aromatic rings. The fourth-order valence-electron chi connectivity index (χ4n) is 2.70.